The summed E-state index contributed by atoms with van der Waals surface area (Å²) in [5, 5.41) is 6.06. The van der Waals surface area contributed by atoms with E-state index in [4.69, 9.17) is 11.6 Å². The molecule has 2 aromatic carbocycles. The van der Waals surface area contributed by atoms with Gasteiger partial charge in [0.15, 0.2) is 0 Å². The molecule has 0 aliphatic rings. The van der Waals surface area contributed by atoms with E-state index in [9.17, 15) is 4.79 Å². The molecule has 0 unspecified atom stereocenters. The van der Waals surface area contributed by atoms with Gasteiger partial charge in [0.25, 0.3) is 0 Å². The molecule has 3 nitrogen and oxygen atoms in total. The Kier molecular flexibility index (Phi) is 4.71. The van der Waals surface area contributed by atoms with Crippen LogP contribution in [-0.4, -0.2) is 12.3 Å². The lowest BCUT2D eigenvalue weighted by Crippen LogP contribution is -2.19. The van der Waals surface area contributed by atoms with Gasteiger partial charge in [-0.15, -0.1) is 11.8 Å². The van der Waals surface area contributed by atoms with Crippen molar-refractivity contribution in [3.05, 3.63) is 53.6 Å². The Morgan fingerprint density at radius 3 is 2.37 bits per heavy atom. The second-order valence-electron chi connectivity index (χ2n) is 3.82. The van der Waals surface area contributed by atoms with E-state index in [1.165, 1.54) is 0 Å². The second-order valence-corrected chi connectivity index (χ2v) is 5.13. The van der Waals surface area contributed by atoms with Gasteiger partial charge in [0.05, 0.1) is 0 Å². The van der Waals surface area contributed by atoms with Gasteiger partial charge < -0.3 is 10.6 Å². The highest BCUT2D eigenvalue weighted by molar-refractivity contribution is 7.98. The molecule has 0 saturated carbocycles. The first-order chi connectivity index (χ1) is 9.17. The van der Waals surface area contributed by atoms with Crippen molar-refractivity contribution >= 4 is 40.8 Å². The quantitative estimate of drug-likeness (QED) is 0.805. The first-order valence-electron chi connectivity index (χ1n) is 5.65. The number of amides is 2. The molecule has 2 N–H and O–H groups in total. The van der Waals surface area contributed by atoms with Gasteiger partial charge in [-0.1, -0.05) is 17.7 Å². The number of thioether (sulfide) groups is 1. The van der Waals surface area contributed by atoms with Crippen LogP contribution in [0.15, 0.2) is 53.4 Å². The number of carbonyl (C=O) groups is 1. The monoisotopic (exact) mass is 292 g/mol. The molecule has 0 saturated heterocycles. The first kappa shape index (κ1) is 13.8. The van der Waals surface area contributed by atoms with Crippen LogP contribution in [0.4, 0.5) is 16.2 Å². The number of urea groups is 1. The van der Waals surface area contributed by atoms with Crippen molar-refractivity contribution in [2.45, 2.75) is 4.90 Å². The van der Waals surface area contributed by atoms with Crippen molar-refractivity contribution in [1.82, 2.24) is 0 Å². The summed E-state index contributed by atoms with van der Waals surface area (Å²) >= 11 is 7.51. The molecule has 0 fully saturated rings. The molecule has 2 rings (SSSR count). The number of halogens is 1. The topological polar surface area (TPSA) is 41.1 Å². The molecule has 5 heteroatoms. The van der Waals surface area contributed by atoms with E-state index < -0.39 is 0 Å². The van der Waals surface area contributed by atoms with Crippen LogP contribution in [0, 0.1) is 0 Å². The molecule has 2 amide bonds. The van der Waals surface area contributed by atoms with Crippen molar-refractivity contribution in [3.63, 3.8) is 0 Å². The van der Waals surface area contributed by atoms with E-state index in [-0.39, 0.29) is 6.03 Å². The van der Waals surface area contributed by atoms with Gasteiger partial charge in [0.1, 0.15) is 0 Å². The Bertz CT molecular complexity index is 572. The van der Waals surface area contributed by atoms with Crippen LogP contribution in [0.1, 0.15) is 0 Å². The zero-order valence-corrected chi connectivity index (χ0v) is 11.9. The molecule has 98 valence electrons. The molecule has 0 aliphatic carbocycles. The van der Waals surface area contributed by atoms with E-state index in [0.717, 1.165) is 10.6 Å². The lowest BCUT2D eigenvalue weighted by atomic mass is 10.3. The summed E-state index contributed by atoms with van der Waals surface area (Å²) in [5.74, 6) is 0. The fourth-order valence-corrected chi connectivity index (χ4v) is 2.13. The molecule has 0 bridgehead atoms. The summed E-state index contributed by atoms with van der Waals surface area (Å²) in [5.41, 5.74) is 1.41. The lowest BCUT2D eigenvalue weighted by Gasteiger charge is -2.08. The first-order valence-corrected chi connectivity index (χ1v) is 7.25. The second kappa shape index (κ2) is 6.50. The van der Waals surface area contributed by atoms with Crippen molar-refractivity contribution < 1.29 is 4.79 Å². The van der Waals surface area contributed by atoms with E-state index in [1.54, 1.807) is 36.0 Å². The Hall–Kier alpha value is -1.65. The maximum absolute atomic E-state index is 11.8. The molecule has 2 aromatic rings. The van der Waals surface area contributed by atoms with Crippen LogP contribution in [0.5, 0.6) is 0 Å². The summed E-state index contributed by atoms with van der Waals surface area (Å²) in [6.45, 7) is 0. The van der Waals surface area contributed by atoms with Gasteiger partial charge in [-0.2, -0.15) is 0 Å². The average molecular weight is 293 g/mol. The maximum Gasteiger partial charge on any atom is 0.323 e. The fraction of sp³-hybridized carbons (Fsp3) is 0.0714. The van der Waals surface area contributed by atoms with Crippen LogP contribution in [0.25, 0.3) is 0 Å². The molecule has 19 heavy (non-hydrogen) atoms. The Morgan fingerprint density at radius 2 is 1.74 bits per heavy atom. The van der Waals surface area contributed by atoms with Crippen LogP contribution in [0.2, 0.25) is 5.02 Å². The van der Waals surface area contributed by atoms with Gasteiger partial charge in [-0.25, -0.2) is 4.79 Å². The highest BCUT2D eigenvalue weighted by Gasteiger charge is 2.03. The summed E-state index contributed by atoms with van der Waals surface area (Å²) in [6.07, 6.45) is 2.01. The highest BCUT2D eigenvalue weighted by Crippen LogP contribution is 2.18. The molecule has 0 heterocycles. The number of benzene rings is 2. The minimum atomic E-state index is -0.292. The number of rotatable bonds is 3. The SMILES string of the molecule is CSc1ccc(NC(=O)Nc2cccc(Cl)c2)cc1. The third-order valence-corrected chi connectivity index (χ3v) is 3.41. The van der Waals surface area contributed by atoms with Crippen molar-refractivity contribution in [3.8, 4) is 0 Å². The van der Waals surface area contributed by atoms with Crippen molar-refractivity contribution in [1.29, 1.82) is 0 Å². The maximum atomic E-state index is 11.8. The highest BCUT2D eigenvalue weighted by atomic mass is 35.5. The van der Waals surface area contributed by atoms with Gasteiger partial charge in [-0.3, -0.25) is 0 Å². The van der Waals surface area contributed by atoms with Crippen LogP contribution in [0.3, 0.4) is 0 Å². The van der Waals surface area contributed by atoms with Gasteiger partial charge in [0, 0.05) is 21.3 Å². The standard InChI is InChI=1S/C14H13ClN2OS/c1-19-13-7-5-11(6-8-13)16-14(18)17-12-4-2-3-10(15)9-12/h2-9H,1H3,(H2,16,17,18). The average Bonchev–Trinajstić information content (AvgIpc) is 2.39. The smallest absolute Gasteiger partial charge is 0.308 e. The predicted molar refractivity (Wildman–Crippen MR) is 82.3 cm³/mol. The summed E-state index contributed by atoms with van der Waals surface area (Å²) < 4.78 is 0. The van der Waals surface area contributed by atoms with Gasteiger partial charge in [0.2, 0.25) is 0 Å². The fourth-order valence-electron chi connectivity index (χ4n) is 1.53. The number of carbonyl (C=O) groups excluding carboxylic acids is 1. The molecular formula is C14H13ClN2OS. The Labute approximate surface area is 121 Å². The number of anilines is 2. The Balaban J connectivity index is 1.97. The molecule has 0 aliphatic heterocycles. The molecular weight excluding hydrogens is 280 g/mol. The zero-order valence-electron chi connectivity index (χ0n) is 10.3. The summed E-state index contributed by atoms with van der Waals surface area (Å²) in [4.78, 5) is 12.9. The van der Waals surface area contributed by atoms with E-state index in [0.29, 0.717) is 10.7 Å². The number of nitrogens with one attached hydrogen (secondary N) is 2. The van der Waals surface area contributed by atoms with E-state index in [1.807, 2.05) is 30.5 Å². The Morgan fingerprint density at radius 1 is 1.05 bits per heavy atom. The largest absolute Gasteiger partial charge is 0.323 e. The van der Waals surface area contributed by atoms with Gasteiger partial charge >= 0.3 is 6.03 Å². The number of hydrogen-bond acceptors (Lipinski definition) is 2. The van der Waals surface area contributed by atoms with Crippen LogP contribution >= 0.6 is 23.4 Å². The molecule has 0 radical (unpaired) electrons. The third kappa shape index (κ3) is 4.19. The lowest BCUT2D eigenvalue weighted by molar-refractivity contribution is 0.262. The van der Waals surface area contributed by atoms with Gasteiger partial charge in [-0.05, 0) is 48.7 Å². The minimum absolute atomic E-state index is 0.292. The van der Waals surface area contributed by atoms with Crippen molar-refractivity contribution in [2.24, 2.45) is 0 Å². The van der Waals surface area contributed by atoms with Crippen LogP contribution in [-0.2, 0) is 0 Å². The number of hydrogen-bond donors (Lipinski definition) is 2. The zero-order chi connectivity index (χ0) is 13.7. The van der Waals surface area contributed by atoms with Crippen molar-refractivity contribution in [2.75, 3.05) is 16.9 Å². The van der Waals surface area contributed by atoms with E-state index in [2.05, 4.69) is 10.6 Å². The third-order valence-electron chi connectivity index (χ3n) is 2.43. The summed E-state index contributed by atoms with van der Waals surface area (Å²) in [6, 6.07) is 14.4. The minimum Gasteiger partial charge on any atom is -0.308 e. The van der Waals surface area contributed by atoms with Crippen LogP contribution < -0.4 is 10.6 Å². The van der Waals surface area contributed by atoms with E-state index >= 15 is 0 Å². The molecule has 0 aromatic heterocycles. The molecule has 0 atom stereocenters. The molecule has 0 spiro atoms. The summed E-state index contributed by atoms with van der Waals surface area (Å²) in [7, 11) is 0. The predicted octanol–water partition coefficient (Wildman–Crippen LogP) is 4.71. The normalized spacial score (nSPS) is 10.0.